The molecule has 148 valence electrons. The highest BCUT2D eigenvalue weighted by Gasteiger charge is 2.19. The summed E-state index contributed by atoms with van der Waals surface area (Å²) in [4.78, 5) is 4.62. The first-order valence-electron chi connectivity index (χ1n) is 9.15. The molecular formula is C21H20FN5OS. The Hall–Kier alpha value is -3.13. The van der Waals surface area contributed by atoms with Gasteiger partial charge < -0.3 is 9.14 Å². The van der Waals surface area contributed by atoms with Crippen LogP contribution in [0.2, 0.25) is 0 Å². The molecule has 0 aliphatic carbocycles. The molecule has 8 heteroatoms. The van der Waals surface area contributed by atoms with Crippen LogP contribution in [0.3, 0.4) is 0 Å². The van der Waals surface area contributed by atoms with Gasteiger partial charge in [0.2, 0.25) is 0 Å². The first-order valence-corrected chi connectivity index (χ1v) is 10.1. The number of thioether (sulfide) groups is 1. The Bertz CT molecular complexity index is 1090. The lowest BCUT2D eigenvalue weighted by molar-refractivity contribution is 0.210. The summed E-state index contributed by atoms with van der Waals surface area (Å²) in [6.45, 7) is 6.29. The van der Waals surface area contributed by atoms with Crippen LogP contribution in [0, 0.1) is 5.82 Å². The molecule has 0 bridgehead atoms. The van der Waals surface area contributed by atoms with Crippen molar-refractivity contribution in [3.63, 3.8) is 0 Å². The lowest BCUT2D eigenvalue weighted by atomic mass is 10.3. The number of ether oxygens (including phenoxy) is 1. The van der Waals surface area contributed by atoms with Crippen molar-refractivity contribution in [3.05, 3.63) is 84.8 Å². The first-order chi connectivity index (χ1) is 14.1. The number of fused-ring (bicyclic) bond motifs is 1. The molecule has 0 amide bonds. The molecule has 3 heterocycles. The van der Waals surface area contributed by atoms with Gasteiger partial charge in [0.1, 0.15) is 17.2 Å². The number of hydrogen-bond acceptors (Lipinski definition) is 5. The van der Waals surface area contributed by atoms with Crippen molar-refractivity contribution in [2.45, 2.75) is 30.5 Å². The summed E-state index contributed by atoms with van der Waals surface area (Å²) >= 11 is 1.56. The standard InChI is InChI=1S/C21H20FN5OS/c1-3-11-27-20(15(2)28-18-9-7-16(22)8-10-18)24-25-21(27)29-14-17-13-26-12-5-4-6-19(26)23-17/h3-10,12-13,15H,1,11,14H2,2H3. The molecule has 0 saturated carbocycles. The molecule has 0 saturated heterocycles. The van der Waals surface area contributed by atoms with E-state index >= 15 is 0 Å². The highest BCUT2D eigenvalue weighted by Crippen LogP contribution is 2.26. The zero-order valence-corrected chi connectivity index (χ0v) is 16.7. The minimum absolute atomic E-state index is 0.301. The van der Waals surface area contributed by atoms with Gasteiger partial charge in [-0.25, -0.2) is 9.37 Å². The maximum absolute atomic E-state index is 13.1. The molecule has 0 spiro atoms. The van der Waals surface area contributed by atoms with E-state index in [0.29, 0.717) is 23.9 Å². The number of hydrogen-bond donors (Lipinski definition) is 0. The number of rotatable bonds is 8. The van der Waals surface area contributed by atoms with E-state index in [9.17, 15) is 4.39 Å². The molecule has 0 N–H and O–H groups in total. The Morgan fingerprint density at radius 1 is 1.21 bits per heavy atom. The molecule has 1 atom stereocenters. The van der Waals surface area contributed by atoms with Gasteiger partial charge in [-0.15, -0.1) is 16.8 Å². The molecule has 4 rings (SSSR count). The zero-order chi connectivity index (χ0) is 20.2. The van der Waals surface area contributed by atoms with Crippen LogP contribution < -0.4 is 4.74 Å². The van der Waals surface area contributed by atoms with Gasteiger partial charge in [-0.2, -0.15) is 0 Å². The number of halogens is 1. The Morgan fingerprint density at radius 3 is 2.79 bits per heavy atom. The second-order valence-corrected chi connectivity index (χ2v) is 7.38. The largest absolute Gasteiger partial charge is 0.483 e. The van der Waals surface area contributed by atoms with E-state index in [4.69, 9.17) is 4.74 Å². The average Bonchev–Trinajstić information content (AvgIpc) is 3.32. The highest BCUT2D eigenvalue weighted by atomic mass is 32.2. The summed E-state index contributed by atoms with van der Waals surface area (Å²) in [6.07, 6.45) is 5.44. The Morgan fingerprint density at radius 2 is 2.03 bits per heavy atom. The second kappa shape index (κ2) is 8.48. The van der Waals surface area contributed by atoms with Crippen molar-refractivity contribution in [3.8, 4) is 5.75 Å². The lowest BCUT2D eigenvalue weighted by Crippen LogP contribution is -2.12. The second-order valence-electron chi connectivity index (χ2n) is 6.44. The molecule has 0 fully saturated rings. The smallest absolute Gasteiger partial charge is 0.192 e. The van der Waals surface area contributed by atoms with Crippen molar-refractivity contribution in [2.75, 3.05) is 0 Å². The maximum Gasteiger partial charge on any atom is 0.192 e. The van der Waals surface area contributed by atoms with Crippen molar-refractivity contribution in [1.82, 2.24) is 24.1 Å². The first kappa shape index (κ1) is 19.2. The van der Waals surface area contributed by atoms with E-state index in [1.54, 1.807) is 30.0 Å². The monoisotopic (exact) mass is 409 g/mol. The third kappa shape index (κ3) is 4.32. The van der Waals surface area contributed by atoms with Crippen molar-refractivity contribution < 1.29 is 9.13 Å². The third-order valence-corrected chi connectivity index (χ3v) is 5.31. The van der Waals surface area contributed by atoms with Crippen molar-refractivity contribution in [1.29, 1.82) is 0 Å². The molecule has 3 aromatic heterocycles. The van der Waals surface area contributed by atoms with Crippen LogP contribution >= 0.6 is 11.8 Å². The Labute approximate surface area is 172 Å². The lowest BCUT2D eigenvalue weighted by Gasteiger charge is -2.15. The van der Waals surface area contributed by atoms with E-state index in [0.717, 1.165) is 16.5 Å². The Balaban J connectivity index is 1.50. The fourth-order valence-electron chi connectivity index (χ4n) is 2.97. The van der Waals surface area contributed by atoms with Crippen LogP contribution in [0.25, 0.3) is 5.65 Å². The van der Waals surface area contributed by atoms with E-state index in [1.807, 2.05) is 46.5 Å². The molecule has 4 aromatic rings. The van der Waals surface area contributed by atoms with Gasteiger partial charge >= 0.3 is 0 Å². The van der Waals surface area contributed by atoms with Gasteiger partial charge in [0.05, 0.1) is 5.69 Å². The van der Waals surface area contributed by atoms with Gasteiger partial charge in [-0.1, -0.05) is 23.9 Å². The van der Waals surface area contributed by atoms with E-state index in [-0.39, 0.29) is 11.9 Å². The van der Waals surface area contributed by atoms with Crippen LogP contribution in [0.1, 0.15) is 24.5 Å². The van der Waals surface area contributed by atoms with Gasteiger partial charge in [0, 0.05) is 24.7 Å². The SMILES string of the molecule is C=CCn1c(SCc2cn3ccccc3n2)nnc1C(C)Oc1ccc(F)cc1. The third-order valence-electron chi connectivity index (χ3n) is 4.31. The zero-order valence-electron chi connectivity index (χ0n) is 15.9. The summed E-state index contributed by atoms with van der Waals surface area (Å²) in [5, 5.41) is 9.43. The van der Waals surface area contributed by atoms with Crippen molar-refractivity contribution >= 4 is 17.4 Å². The van der Waals surface area contributed by atoms with Crippen molar-refractivity contribution in [2.24, 2.45) is 0 Å². The highest BCUT2D eigenvalue weighted by molar-refractivity contribution is 7.98. The number of allylic oxidation sites excluding steroid dienone is 1. The molecule has 6 nitrogen and oxygen atoms in total. The van der Waals surface area contributed by atoms with Gasteiger partial charge in [-0.3, -0.25) is 4.57 Å². The van der Waals surface area contributed by atoms with E-state index in [1.165, 1.54) is 12.1 Å². The molecule has 1 unspecified atom stereocenters. The molecular weight excluding hydrogens is 389 g/mol. The molecule has 0 aliphatic heterocycles. The predicted octanol–water partition coefficient (Wildman–Crippen LogP) is 4.68. The quantitative estimate of drug-likeness (QED) is 0.312. The topological polar surface area (TPSA) is 57.2 Å². The van der Waals surface area contributed by atoms with E-state index < -0.39 is 0 Å². The molecule has 0 aliphatic rings. The van der Waals surface area contributed by atoms with E-state index in [2.05, 4.69) is 21.8 Å². The van der Waals surface area contributed by atoms with Crippen LogP contribution in [0.4, 0.5) is 4.39 Å². The minimum atomic E-state index is -0.350. The number of aromatic nitrogens is 5. The van der Waals surface area contributed by atoms with Gasteiger partial charge in [0.25, 0.3) is 0 Å². The summed E-state index contributed by atoms with van der Waals surface area (Å²) in [5.41, 5.74) is 1.88. The van der Waals surface area contributed by atoms with Crippen LogP contribution in [0.15, 0.2) is 72.7 Å². The molecule has 29 heavy (non-hydrogen) atoms. The number of pyridine rings is 1. The van der Waals surface area contributed by atoms with Crippen LogP contribution in [0.5, 0.6) is 5.75 Å². The molecule has 0 radical (unpaired) electrons. The van der Waals surface area contributed by atoms with Crippen LogP contribution in [-0.4, -0.2) is 24.1 Å². The number of imidazole rings is 1. The average molecular weight is 409 g/mol. The van der Waals surface area contributed by atoms with Gasteiger partial charge in [0.15, 0.2) is 17.1 Å². The summed E-state index contributed by atoms with van der Waals surface area (Å²) in [5.74, 6) is 1.63. The normalized spacial score (nSPS) is 12.2. The maximum atomic E-state index is 13.1. The Kier molecular flexibility index (Phi) is 5.62. The summed E-state index contributed by atoms with van der Waals surface area (Å²) in [7, 11) is 0. The van der Waals surface area contributed by atoms with Crippen LogP contribution in [-0.2, 0) is 12.3 Å². The van der Waals surface area contributed by atoms with Gasteiger partial charge in [-0.05, 0) is 43.3 Å². The predicted molar refractivity (Wildman–Crippen MR) is 110 cm³/mol. The summed E-state index contributed by atoms with van der Waals surface area (Å²) in [6, 6.07) is 11.8. The fraction of sp³-hybridized carbons (Fsp3) is 0.190. The number of nitrogens with zero attached hydrogens (tertiary/aromatic N) is 5. The fourth-order valence-corrected chi connectivity index (χ4v) is 3.81. The minimum Gasteiger partial charge on any atom is -0.483 e. The number of benzene rings is 1. The summed E-state index contributed by atoms with van der Waals surface area (Å²) < 4.78 is 23.0. The molecule has 1 aromatic carbocycles.